The van der Waals surface area contributed by atoms with Crippen LogP contribution < -0.4 is 0 Å². The zero-order valence-corrected chi connectivity index (χ0v) is 7.24. The van der Waals surface area contributed by atoms with Gasteiger partial charge in [0.05, 0.1) is 6.10 Å². The second kappa shape index (κ2) is 2.91. The molecule has 0 radical (unpaired) electrons. The Bertz CT molecular complexity index is 158. The predicted molar refractivity (Wildman–Crippen MR) is 38.9 cm³/mol. The van der Waals surface area contributed by atoms with Crippen molar-refractivity contribution in [3.63, 3.8) is 0 Å². The molecular formula is C8H13F3O. The minimum Gasteiger partial charge on any atom is -0.363 e. The first kappa shape index (κ1) is 9.84. The summed E-state index contributed by atoms with van der Waals surface area (Å²) in [6.45, 7) is 3.26. The van der Waals surface area contributed by atoms with E-state index in [0.29, 0.717) is 6.42 Å². The first-order valence-electron chi connectivity index (χ1n) is 4.12. The predicted octanol–water partition coefficient (Wildman–Crippen LogP) is 2.90. The fourth-order valence-electron chi connectivity index (χ4n) is 1.42. The molecule has 0 aromatic heterocycles. The SMILES string of the molecule is CC(C)OC1(C(F)(F)F)CCC1. The van der Waals surface area contributed by atoms with E-state index in [1.807, 2.05) is 0 Å². The summed E-state index contributed by atoms with van der Waals surface area (Å²) in [6.07, 6.45) is -3.70. The van der Waals surface area contributed by atoms with Crippen molar-refractivity contribution in [2.45, 2.75) is 51.0 Å². The van der Waals surface area contributed by atoms with Gasteiger partial charge in [0, 0.05) is 0 Å². The summed E-state index contributed by atoms with van der Waals surface area (Å²) in [7, 11) is 0. The molecule has 0 aromatic carbocycles. The molecule has 4 heteroatoms. The molecule has 0 bridgehead atoms. The van der Waals surface area contributed by atoms with E-state index < -0.39 is 11.8 Å². The van der Waals surface area contributed by atoms with Crippen LogP contribution in [0.2, 0.25) is 0 Å². The maximum Gasteiger partial charge on any atom is 0.417 e. The molecule has 1 aliphatic carbocycles. The first-order valence-corrected chi connectivity index (χ1v) is 4.12. The Hall–Kier alpha value is -0.250. The molecular weight excluding hydrogens is 169 g/mol. The third-order valence-electron chi connectivity index (χ3n) is 2.14. The summed E-state index contributed by atoms with van der Waals surface area (Å²) in [6, 6.07) is 0. The third-order valence-corrected chi connectivity index (χ3v) is 2.14. The van der Waals surface area contributed by atoms with Gasteiger partial charge < -0.3 is 4.74 Å². The summed E-state index contributed by atoms with van der Waals surface area (Å²) in [5.41, 5.74) is -1.82. The molecule has 1 rings (SSSR count). The molecule has 72 valence electrons. The maximum absolute atomic E-state index is 12.4. The van der Waals surface area contributed by atoms with Crippen molar-refractivity contribution in [2.75, 3.05) is 0 Å². The highest BCUT2D eigenvalue weighted by atomic mass is 19.4. The monoisotopic (exact) mass is 182 g/mol. The zero-order chi connectivity index (χ0) is 9.41. The highest BCUT2D eigenvalue weighted by Crippen LogP contribution is 2.48. The highest BCUT2D eigenvalue weighted by molar-refractivity contribution is 4.96. The minimum atomic E-state index is -4.20. The molecule has 0 atom stereocenters. The summed E-state index contributed by atoms with van der Waals surface area (Å²) in [4.78, 5) is 0. The van der Waals surface area contributed by atoms with Crippen LogP contribution in [0.3, 0.4) is 0 Å². The third kappa shape index (κ3) is 1.58. The normalized spacial score (nSPS) is 22.5. The van der Waals surface area contributed by atoms with Gasteiger partial charge >= 0.3 is 6.18 Å². The van der Waals surface area contributed by atoms with Gasteiger partial charge in [-0.3, -0.25) is 0 Å². The van der Waals surface area contributed by atoms with Crippen LogP contribution in [-0.2, 0) is 4.74 Å². The Morgan fingerprint density at radius 3 is 1.83 bits per heavy atom. The van der Waals surface area contributed by atoms with E-state index in [0.717, 1.165) is 0 Å². The molecule has 1 aliphatic rings. The van der Waals surface area contributed by atoms with Crippen LogP contribution in [0.4, 0.5) is 13.2 Å². The molecule has 1 saturated carbocycles. The lowest BCUT2D eigenvalue weighted by Crippen LogP contribution is -2.54. The fourth-order valence-corrected chi connectivity index (χ4v) is 1.42. The highest BCUT2D eigenvalue weighted by Gasteiger charge is 2.59. The lowest BCUT2D eigenvalue weighted by molar-refractivity contribution is -0.313. The number of rotatable bonds is 2. The maximum atomic E-state index is 12.4. The van der Waals surface area contributed by atoms with Gasteiger partial charge in [0.2, 0.25) is 0 Å². The standard InChI is InChI=1S/C8H13F3O/c1-6(2)12-7(4-3-5-7)8(9,10)11/h6H,3-5H2,1-2H3. The largest absolute Gasteiger partial charge is 0.417 e. The van der Waals surface area contributed by atoms with Crippen LogP contribution >= 0.6 is 0 Å². The Kier molecular flexibility index (Phi) is 2.38. The summed E-state index contributed by atoms with van der Waals surface area (Å²) < 4.78 is 42.1. The summed E-state index contributed by atoms with van der Waals surface area (Å²) in [5.74, 6) is 0. The van der Waals surface area contributed by atoms with Gasteiger partial charge in [-0.2, -0.15) is 13.2 Å². The van der Waals surface area contributed by atoms with Crippen LogP contribution in [0.25, 0.3) is 0 Å². The molecule has 0 unspecified atom stereocenters. The average molecular weight is 182 g/mol. The minimum absolute atomic E-state index is 0.120. The molecule has 0 spiro atoms. The van der Waals surface area contributed by atoms with Gasteiger partial charge in [0.25, 0.3) is 0 Å². The molecule has 0 aliphatic heterocycles. The Morgan fingerprint density at radius 1 is 1.25 bits per heavy atom. The molecule has 0 amide bonds. The fraction of sp³-hybridized carbons (Fsp3) is 1.00. The van der Waals surface area contributed by atoms with Gasteiger partial charge in [-0.05, 0) is 33.1 Å². The Morgan fingerprint density at radius 2 is 1.75 bits per heavy atom. The number of hydrogen-bond acceptors (Lipinski definition) is 1. The summed E-state index contributed by atoms with van der Waals surface area (Å²) in [5, 5.41) is 0. The topological polar surface area (TPSA) is 9.23 Å². The molecule has 12 heavy (non-hydrogen) atoms. The van der Waals surface area contributed by atoms with Gasteiger partial charge in [-0.1, -0.05) is 0 Å². The first-order chi connectivity index (χ1) is 5.37. The van der Waals surface area contributed by atoms with Crippen LogP contribution in [0, 0.1) is 0 Å². The van der Waals surface area contributed by atoms with Crippen molar-refractivity contribution >= 4 is 0 Å². The molecule has 1 fully saturated rings. The van der Waals surface area contributed by atoms with E-state index in [9.17, 15) is 13.2 Å². The molecule has 1 nitrogen and oxygen atoms in total. The van der Waals surface area contributed by atoms with E-state index in [4.69, 9.17) is 4.74 Å². The second-order valence-electron chi connectivity index (χ2n) is 3.51. The Labute approximate surface area is 69.9 Å². The molecule has 0 aromatic rings. The number of hydrogen-bond donors (Lipinski definition) is 0. The van der Waals surface area contributed by atoms with Gasteiger partial charge in [-0.25, -0.2) is 0 Å². The van der Waals surface area contributed by atoms with E-state index in [2.05, 4.69) is 0 Å². The van der Waals surface area contributed by atoms with Crippen LogP contribution in [-0.4, -0.2) is 17.9 Å². The van der Waals surface area contributed by atoms with Crippen LogP contribution in [0.15, 0.2) is 0 Å². The zero-order valence-electron chi connectivity index (χ0n) is 7.24. The van der Waals surface area contributed by atoms with E-state index in [-0.39, 0.29) is 18.9 Å². The van der Waals surface area contributed by atoms with E-state index in [1.54, 1.807) is 13.8 Å². The lowest BCUT2D eigenvalue weighted by Gasteiger charge is -2.43. The molecule has 0 N–H and O–H groups in total. The smallest absolute Gasteiger partial charge is 0.363 e. The van der Waals surface area contributed by atoms with E-state index >= 15 is 0 Å². The van der Waals surface area contributed by atoms with Crippen LogP contribution in [0.5, 0.6) is 0 Å². The second-order valence-corrected chi connectivity index (χ2v) is 3.51. The van der Waals surface area contributed by atoms with Crippen molar-refractivity contribution in [1.29, 1.82) is 0 Å². The van der Waals surface area contributed by atoms with Gasteiger partial charge in [0.15, 0.2) is 5.60 Å². The van der Waals surface area contributed by atoms with Crippen molar-refractivity contribution < 1.29 is 17.9 Å². The van der Waals surface area contributed by atoms with Crippen molar-refractivity contribution in [1.82, 2.24) is 0 Å². The lowest BCUT2D eigenvalue weighted by atomic mass is 9.79. The number of alkyl halides is 3. The van der Waals surface area contributed by atoms with E-state index in [1.165, 1.54) is 0 Å². The van der Waals surface area contributed by atoms with Crippen molar-refractivity contribution in [2.24, 2.45) is 0 Å². The Balaban J connectivity index is 2.63. The van der Waals surface area contributed by atoms with Gasteiger partial charge in [0.1, 0.15) is 0 Å². The number of ether oxygens (including phenoxy) is 1. The van der Waals surface area contributed by atoms with Gasteiger partial charge in [-0.15, -0.1) is 0 Å². The van der Waals surface area contributed by atoms with Crippen molar-refractivity contribution in [3.8, 4) is 0 Å². The molecule has 0 saturated heterocycles. The summed E-state index contributed by atoms with van der Waals surface area (Å²) >= 11 is 0. The average Bonchev–Trinajstić information content (AvgIpc) is 1.74. The number of halogens is 3. The van der Waals surface area contributed by atoms with Crippen LogP contribution in [0.1, 0.15) is 33.1 Å². The quantitative estimate of drug-likeness (QED) is 0.638. The van der Waals surface area contributed by atoms with Crippen molar-refractivity contribution in [3.05, 3.63) is 0 Å². The molecule has 0 heterocycles.